The molecule has 1 fully saturated rings. The molecule has 4 rings (SSSR count). The fourth-order valence-corrected chi connectivity index (χ4v) is 3.81. The summed E-state index contributed by atoms with van der Waals surface area (Å²) in [5.41, 5.74) is 3.88. The molecular formula is C24H23Cl2NO2. The molecule has 0 saturated carbocycles. The van der Waals surface area contributed by atoms with Crippen LogP contribution in [0.4, 0.5) is 0 Å². The molecule has 3 nitrogen and oxygen atoms in total. The first kappa shape index (κ1) is 21.4. The van der Waals surface area contributed by atoms with Gasteiger partial charge >= 0.3 is 5.97 Å². The lowest BCUT2D eigenvalue weighted by atomic mass is 9.88. The van der Waals surface area contributed by atoms with Gasteiger partial charge in [0.05, 0.1) is 5.56 Å². The van der Waals surface area contributed by atoms with Crippen LogP contribution in [0.1, 0.15) is 28.3 Å². The van der Waals surface area contributed by atoms with Crippen LogP contribution < -0.4 is 5.32 Å². The van der Waals surface area contributed by atoms with Gasteiger partial charge in [-0.05, 0) is 53.9 Å². The molecule has 150 valence electrons. The van der Waals surface area contributed by atoms with Gasteiger partial charge in [-0.1, -0.05) is 66.2 Å². The molecule has 0 spiro atoms. The van der Waals surface area contributed by atoms with Crippen LogP contribution in [0.3, 0.4) is 0 Å². The molecule has 1 aliphatic rings. The molecule has 1 heterocycles. The Bertz CT molecular complexity index is 927. The monoisotopic (exact) mass is 427 g/mol. The molecule has 0 radical (unpaired) electrons. The fraction of sp³-hybridized carbons (Fsp3) is 0.208. The Balaban J connectivity index is 0.00000240. The third-order valence-electron chi connectivity index (χ3n) is 5.21. The maximum Gasteiger partial charge on any atom is 0.338 e. The first-order valence-electron chi connectivity index (χ1n) is 9.53. The van der Waals surface area contributed by atoms with Gasteiger partial charge in [-0.2, -0.15) is 0 Å². The van der Waals surface area contributed by atoms with E-state index in [2.05, 4.69) is 17.4 Å². The van der Waals surface area contributed by atoms with E-state index in [0.717, 1.165) is 24.1 Å². The third kappa shape index (κ3) is 5.18. The summed E-state index contributed by atoms with van der Waals surface area (Å²) >= 11 is 5.95. The second-order valence-corrected chi connectivity index (χ2v) is 7.47. The summed E-state index contributed by atoms with van der Waals surface area (Å²) in [5, 5.41) is 4.05. The van der Waals surface area contributed by atoms with Crippen LogP contribution in [-0.2, 0) is 4.74 Å². The predicted molar refractivity (Wildman–Crippen MR) is 120 cm³/mol. The molecule has 1 saturated heterocycles. The standard InChI is InChI=1S/C24H22ClNO2.ClH/c25-21-12-10-18(11-13-21)17-6-8-20(9-7-17)24(27)28-23-16-26-15-14-22(23)19-4-2-1-3-5-19;/h1-13,22-23,26H,14-16H2;1H/t22-,23+;/m0./s1. The lowest BCUT2D eigenvalue weighted by Gasteiger charge is -2.32. The van der Waals surface area contributed by atoms with Gasteiger partial charge in [0.2, 0.25) is 0 Å². The number of rotatable bonds is 4. The molecule has 5 heteroatoms. The first-order valence-corrected chi connectivity index (χ1v) is 9.91. The smallest absolute Gasteiger partial charge is 0.338 e. The zero-order chi connectivity index (χ0) is 19.3. The van der Waals surface area contributed by atoms with Crippen LogP contribution in [0.25, 0.3) is 11.1 Å². The van der Waals surface area contributed by atoms with E-state index in [0.29, 0.717) is 17.1 Å². The van der Waals surface area contributed by atoms with E-state index in [1.54, 1.807) is 0 Å². The van der Waals surface area contributed by atoms with E-state index in [-0.39, 0.29) is 30.4 Å². The summed E-state index contributed by atoms with van der Waals surface area (Å²) in [7, 11) is 0. The number of piperidine rings is 1. The van der Waals surface area contributed by atoms with E-state index < -0.39 is 0 Å². The highest BCUT2D eigenvalue weighted by Gasteiger charge is 2.29. The number of halogens is 2. The third-order valence-corrected chi connectivity index (χ3v) is 5.46. The Kier molecular flexibility index (Phi) is 7.32. The highest BCUT2D eigenvalue weighted by atomic mass is 35.5. The van der Waals surface area contributed by atoms with Gasteiger partial charge in [0.25, 0.3) is 0 Å². The number of hydrogen-bond acceptors (Lipinski definition) is 3. The summed E-state index contributed by atoms with van der Waals surface area (Å²) in [6.07, 6.45) is 0.789. The van der Waals surface area contributed by atoms with E-state index in [4.69, 9.17) is 16.3 Å². The summed E-state index contributed by atoms with van der Waals surface area (Å²) in [6.45, 7) is 1.61. The average molecular weight is 428 g/mol. The largest absolute Gasteiger partial charge is 0.457 e. The van der Waals surface area contributed by atoms with Crippen molar-refractivity contribution in [3.63, 3.8) is 0 Å². The molecule has 3 aromatic rings. The van der Waals surface area contributed by atoms with Crippen LogP contribution in [0, 0.1) is 0 Å². The molecule has 0 aromatic heterocycles. The number of carbonyl (C=O) groups excluding carboxylic acids is 1. The number of carbonyl (C=O) groups is 1. The van der Waals surface area contributed by atoms with Crippen LogP contribution in [0.5, 0.6) is 0 Å². The van der Waals surface area contributed by atoms with Gasteiger partial charge in [0.15, 0.2) is 0 Å². The number of benzene rings is 3. The van der Waals surface area contributed by atoms with Crippen molar-refractivity contribution in [2.24, 2.45) is 0 Å². The van der Waals surface area contributed by atoms with Crippen LogP contribution in [-0.4, -0.2) is 25.2 Å². The fourth-order valence-electron chi connectivity index (χ4n) is 3.68. The first-order chi connectivity index (χ1) is 13.7. The Morgan fingerprint density at radius 3 is 2.17 bits per heavy atom. The molecular weight excluding hydrogens is 405 g/mol. The lowest BCUT2D eigenvalue weighted by molar-refractivity contribution is 0.0182. The molecule has 2 atom stereocenters. The van der Waals surface area contributed by atoms with E-state index in [9.17, 15) is 4.79 Å². The molecule has 0 aliphatic carbocycles. The van der Waals surface area contributed by atoms with Gasteiger partial charge in [-0.15, -0.1) is 12.4 Å². The Labute approximate surface area is 182 Å². The summed E-state index contributed by atoms with van der Waals surface area (Å²) < 4.78 is 5.89. The Morgan fingerprint density at radius 2 is 1.52 bits per heavy atom. The minimum Gasteiger partial charge on any atom is -0.457 e. The predicted octanol–water partition coefficient (Wildman–Crippen LogP) is 5.73. The molecule has 29 heavy (non-hydrogen) atoms. The zero-order valence-corrected chi connectivity index (χ0v) is 17.5. The van der Waals surface area contributed by atoms with Crippen molar-refractivity contribution in [3.8, 4) is 11.1 Å². The maximum absolute atomic E-state index is 12.7. The van der Waals surface area contributed by atoms with Crippen LogP contribution >= 0.6 is 24.0 Å². The van der Waals surface area contributed by atoms with Crippen molar-refractivity contribution in [2.45, 2.75) is 18.4 Å². The quantitative estimate of drug-likeness (QED) is 0.540. The van der Waals surface area contributed by atoms with Crippen molar-refractivity contribution in [1.29, 1.82) is 0 Å². The van der Waals surface area contributed by atoms with E-state index in [1.807, 2.05) is 66.7 Å². The normalized spacial score (nSPS) is 18.5. The van der Waals surface area contributed by atoms with Crippen LogP contribution in [0.15, 0.2) is 78.9 Å². The number of hydrogen-bond donors (Lipinski definition) is 1. The lowest BCUT2D eigenvalue weighted by Crippen LogP contribution is -2.42. The Morgan fingerprint density at radius 1 is 0.897 bits per heavy atom. The van der Waals surface area contributed by atoms with E-state index in [1.165, 1.54) is 5.56 Å². The van der Waals surface area contributed by atoms with Crippen molar-refractivity contribution >= 4 is 30.0 Å². The highest BCUT2D eigenvalue weighted by molar-refractivity contribution is 6.30. The molecule has 0 amide bonds. The van der Waals surface area contributed by atoms with Gasteiger partial charge in [-0.25, -0.2) is 4.79 Å². The molecule has 0 unspecified atom stereocenters. The average Bonchev–Trinajstić information content (AvgIpc) is 2.75. The molecule has 0 bridgehead atoms. The summed E-state index contributed by atoms with van der Waals surface area (Å²) in [6, 6.07) is 25.5. The number of esters is 1. The molecule has 1 N–H and O–H groups in total. The molecule has 1 aliphatic heterocycles. The SMILES string of the molecule is Cl.O=C(O[C@@H]1CNCC[C@H]1c1ccccc1)c1ccc(-c2ccc(Cl)cc2)cc1. The summed E-state index contributed by atoms with van der Waals surface area (Å²) in [4.78, 5) is 12.7. The van der Waals surface area contributed by atoms with Gasteiger partial charge in [-0.3, -0.25) is 0 Å². The van der Waals surface area contributed by atoms with Gasteiger partial charge < -0.3 is 10.1 Å². The highest BCUT2D eigenvalue weighted by Crippen LogP contribution is 2.28. The van der Waals surface area contributed by atoms with Crippen LogP contribution in [0.2, 0.25) is 5.02 Å². The van der Waals surface area contributed by atoms with Gasteiger partial charge in [0, 0.05) is 17.5 Å². The number of ether oxygens (including phenoxy) is 1. The maximum atomic E-state index is 12.7. The minimum absolute atomic E-state index is 0. The van der Waals surface area contributed by atoms with Crippen molar-refractivity contribution in [1.82, 2.24) is 5.32 Å². The topological polar surface area (TPSA) is 38.3 Å². The van der Waals surface area contributed by atoms with Crippen molar-refractivity contribution in [2.75, 3.05) is 13.1 Å². The van der Waals surface area contributed by atoms with Gasteiger partial charge in [0.1, 0.15) is 6.10 Å². The minimum atomic E-state index is -0.280. The second-order valence-electron chi connectivity index (χ2n) is 7.04. The summed E-state index contributed by atoms with van der Waals surface area (Å²) in [5.74, 6) is -0.0583. The zero-order valence-electron chi connectivity index (χ0n) is 15.9. The molecule has 3 aromatic carbocycles. The second kappa shape index (κ2) is 9.93. The Hall–Kier alpha value is -2.33. The number of nitrogens with one attached hydrogen (secondary N) is 1. The van der Waals surface area contributed by atoms with Crippen molar-refractivity contribution < 1.29 is 9.53 Å². The van der Waals surface area contributed by atoms with E-state index >= 15 is 0 Å². The van der Waals surface area contributed by atoms with Crippen molar-refractivity contribution in [3.05, 3.63) is 95.0 Å².